The third-order valence-electron chi connectivity index (χ3n) is 6.26. The number of anilines is 1. The van der Waals surface area contributed by atoms with E-state index in [4.69, 9.17) is 9.47 Å². The average molecular weight is 476 g/mol. The molecule has 0 bridgehead atoms. The van der Waals surface area contributed by atoms with Gasteiger partial charge < -0.3 is 19.7 Å². The third-order valence-corrected chi connectivity index (χ3v) is 6.26. The summed E-state index contributed by atoms with van der Waals surface area (Å²) in [6.07, 6.45) is 5.42. The molecule has 1 saturated heterocycles. The fourth-order valence-corrected chi connectivity index (χ4v) is 4.24. The molecule has 1 amide bonds. The Morgan fingerprint density at radius 2 is 1.69 bits per heavy atom. The minimum atomic E-state index is -0.0485. The molecule has 2 aromatic carbocycles. The first-order valence-corrected chi connectivity index (χ1v) is 12.0. The van der Waals surface area contributed by atoms with Gasteiger partial charge >= 0.3 is 0 Å². The van der Waals surface area contributed by atoms with Gasteiger partial charge in [0.05, 0.1) is 19.9 Å². The van der Waals surface area contributed by atoms with Crippen molar-refractivity contribution < 1.29 is 14.3 Å². The number of ether oxygens (including phenoxy) is 2. The summed E-state index contributed by atoms with van der Waals surface area (Å²) in [5.74, 6) is 2.25. The first-order chi connectivity index (χ1) is 17.2. The number of hydrogen-bond acceptors (Lipinski definition) is 7. The van der Waals surface area contributed by atoms with E-state index in [9.17, 15) is 4.79 Å². The third kappa shape index (κ3) is 6.48. The SMILES string of the molecule is COc1ccc(N2CCN(CCCCNC(=O)c3ccc(-c4ncccn4)cc3)CC2)c(OC)c1. The van der Waals surface area contributed by atoms with Crippen LogP contribution in [0.1, 0.15) is 23.2 Å². The lowest BCUT2D eigenvalue weighted by Crippen LogP contribution is -2.46. The minimum Gasteiger partial charge on any atom is -0.497 e. The van der Waals surface area contributed by atoms with E-state index in [-0.39, 0.29) is 5.91 Å². The second-order valence-corrected chi connectivity index (χ2v) is 8.48. The molecule has 1 fully saturated rings. The van der Waals surface area contributed by atoms with Gasteiger partial charge in [0, 0.05) is 62.3 Å². The summed E-state index contributed by atoms with van der Waals surface area (Å²) in [5.41, 5.74) is 2.66. The fourth-order valence-electron chi connectivity index (χ4n) is 4.24. The zero-order chi connectivity index (χ0) is 24.5. The molecule has 0 atom stereocenters. The molecule has 0 unspecified atom stereocenters. The molecule has 0 aliphatic carbocycles. The van der Waals surface area contributed by atoms with Crippen LogP contribution in [0.25, 0.3) is 11.4 Å². The Morgan fingerprint density at radius 3 is 2.37 bits per heavy atom. The smallest absolute Gasteiger partial charge is 0.251 e. The van der Waals surface area contributed by atoms with Gasteiger partial charge in [0.15, 0.2) is 5.82 Å². The summed E-state index contributed by atoms with van der Waals surface area (Å²) < 4.78 is 10.9. The number of nitrogens with zero attached hydrogens (tertiary/aromatic N) is 4. The van der Waals surface area contributed by atoms with E-state index in [1.165, 1.54) is 0 Å². The highest BCUT2D eigenvalue weighted by Crippen LogP contribution is 2.32. The zero-order valence-electron chi connectivity index (χ0n) is 20.4. The van der Waals surface area contributed by atoms with Crippen molar-refractivity contribution >= 4 is 11.6 Å². The number of amides is 1. The van der Waals surface area contributed by atoms with E-state index in [0.717, 1.165) is 68.3 Å². The molecule has 1 N–H and O–H groups in total. The highest BCUT2D eigenvalue weighted by Gasteiger charge is 2.20. The van der Waals surface area contributed by atoms with Gasteiger partial charge in [0.25, 0.3) is 5.91 Å². The predicted molar refractivity (Wildman–Crippen MR) is 137 cm³/mol. The number of unbranched alkanes of at least 4 members (excludes halogenated alkanes) is 1. The summed E-state index contributed by atoms with van der Waals surface area (Å²) in [4.78, 5) is 25.8. The van der Waals surface area contributed by atoms with Crippen molar-refractivity contribution in [3.63, 3.8) is 0 Å². The Kier molecular flexibility index (Phi) is 8.51. The van der Waals surface area contributed by atoms with E-state index in [2.05, 4.69) is 31.2 Å². The van der Waals surface area contributed by atoms with Crippen LogP contribution < -0.4 is 19.7 Å². The number of benzene rings is 2. The summed E-state index contributed by atoms with van der Waals surface area (Å²) >= 11 is 0. The second-order valence-electron chi connectivity index (χ2n) is 8.48. The highest BCUT2D eigenvalue weighted by atomic mass is 16.5. The molecule has 184 valence electrons. The molecule has 3 aromatic rings. The van der Waals surface area contributed by atoms with E-state index >= 15 is 0 Å². The van der Waals surface area contributed by atoms with Crippen LogP contribution in [0.5, 0.6) is 11.5 Å². The molecule has 0 radical (unpaired) electrons. The van der Waals surface area contributed by atoms with Crippen LogP contribution in [-0.2, 0) is 0 Å². The van der Waals surface area contributed by atoms with Crippen LogP contribution >= 0.6 is 0 Å². The Labute approximate surface area is 206 Å². The van der Waals surface area contributed by atoms with E-state index in [1.807, 2.05) is 36.4 Å². The summed E-state index contributed by atoms with van der Waals surface area (Å²) in [7, 11) is 3.36. The van der Waals surface area contributed by atoms with E-state index < -0.39 is 0 Å². The maximum absolute atomic E-state index is 12.4. The Hall–Kier alpha value is -3.65. The van der Waals surface area contributed by atoms with Crippen molar-refractivity contribution in [2.45, 2.75) is 12.8 Å². The zero-order valence-corrected chi connectivity index (χ0v) is 20.4. The first kappa shape index (κ1) is 24.5. The van der Waals surface area contributed by atoms with Gasteiger partial charge in [-0.2, -0.15) is 0 Å². The van der Waals surface area contributed by atoms with Crippen molar-refractivity contribution in [1.29, 1.82) is 0 Å². The van der Waals surface area contributed by atoms with Gasteiger partial charge in [-0.3, -0.25) is 9.69 Å². The Bertz CT molecular complexity index is 1080. The van der Waals surface area contributed by atoms with Gasteiger partial charge in [-0.1, -0.05) is 12.1 Å². The van der Waals surface area contributed by atoms with Gasteiger partial charge in [-0.15, -0.1) is 0 Å². The van der Waals surface area contributed by atoms with Crippen LogP contribution in [0, 0.1) is 0 Å². The van der Waals surface area contributed by atoms with Crippen LogP contribution in [0.15, 0.2) is 60.9 Å². The maximum Gasteiger partial charge on any atom is 0.251 e. The molecular formula is C27H33N5O3. The number of methoxy groups -OCH3 is 2. The minimum absolute atomic E-state index is 0.0485. The highest BCUT2D eigenvalue weighted by molar-refractivity contribution is 5.94. The summed E-state index contributed by atoms with van der Waals surface area (Å²) in [5, 5.41) is 3.03. The van der Waals surface area contributed by atoms with Crippen molar-refractivity contribution in [3.05, 3.63) is 66.5 Å². The molecule has 4 rings (SSSR count). The summed E-state index contributed by atoms with van der Waals surface area (Å²) in [6, 6.07) is 15.2. The molecule has 0 spiro atoms. The number of piperazine rings is 1. The molecule has 35 heavy (non-hydrogen) atoms. The number of nitrogens with one attached hydrogen (secondary N) is 1. The topological polar surface area (TPSA) is 79.8 Å². The van der Waals surface area contributed by atoms with Gasteiger partial charge in [0.2, 0.25) is 0 Å². The molecule has 8 heteroatoms. The van der Waals surface area contributed by atoms with Crippen molar-refractivity contribution in [2.75, 3.05) is 58.4 Å². The molecular weight excluding hydrogens is 442 g/mol. The van der Waals surface area contributed by atoms with Gasteiger partial charge in [-0.25, -0.2) is 9.97 Å². The van der Waals surface area contributed by atoms with Crippen molar-refractivity contribution in [2.24, 2.45) is 0 Å². The molecule has 8 nitrogen and oxygen atoms in total. The quantitative estimate of drug-likeness (QED) is 0.450. The maximum atomic E-state index is 12.4. The van der Waals surface area contributed by atoms with Crippen LogP contribution in [-0.4, -0.2) is 74.3 Å². The standard InChI is InChI=1S/C27H33N5O3/c1-34-23-10-11-24(25(20-23)35-2)32-18-16-31(17-19-32)15-4-3-12-30-27(33)22-8-6-21(7-9-22)26-28-13-5-14-29-26/h5-11,13-14,20H,3-4,12,15-19H2,1-2H3,(H,30,33). The first-order valence-electron chi connectivity index (χ1n) is 12.0. The number of carbonyl (C=O) groups is 1. The molecule has 0 saturated carbocycles. The average Bonchev–Trinajstić information content (AvgIpc) is 2.93. The van der Waals surface area contributed by atoms with Crippen LogP contribution in [0.4, 0.5) is 5.69 Å². The van der Waals surface area contributed by atoms with Gasteiger partial charge in [0.1, 0.15) is 11.5 Å². The second kappa shape index (κ2) is 12.2. The molecule has 1 aromatic heterocycles. The predicted octanol–water partition coefficient (Wildman–Crippen LogP) is 3.49. The lowest BCUT2D eigenvalue weighted by atomic mass is 10.1. The molecule has 1 aliphatic heterocycles. The van der Waals surface area contributed by atoms with Crippen LogP contribution in [0.3, 0.4) is 0 Å². The van der Waals surface area contributed by atoms with E-state index in [0.29, 0.717) is 17.9 Å². The lowest BCUT2D eigenvalue weighted by molar-refractivity contribution is 0.0952. The van der Waals surface area contributed by atoms with Crippen LogP contribution in [0.2, 0.25) is 0 Å². The lowest BCUT2D eigenvalue weighted by Gasteiger charge is -2.36. The number of hydrogen-bond donors (Lipinski definition) is 1. The normalized spacial score (nSPS) is 13.9. The van der Waals surface area contributed by atoms with Crippen molar-refractivity contribution in [1.82, 2.24) is 20.2 Å². The monoisotopic (exact) mass is 475 g/mol. The van der Waals surface area contributed by atoms with Gasteiger partial charge in [-0.05, 0) is 49.7 Å². The fraction of sp³-hybridized carbons (Fsp3) is 0.370. The Morgan fingerprint density at radius 1 is 0.943 bits per heavy atom. The van der Waals surface area contributed by atoms with E-state index in [1.54, 1.807) is 32.7 Å². The number of rotatable bonds is 10. The molecule has 1 aliphatic rings. The number of carbonyl (C=O) groups excluding carboxylic acids is 1. The largest absolute Gasteiger partial charge is 0.497 e. The summed E-state index contributed by atoms with van der Waals surface area (Å²) in [6.45, 7) is 5.66. The molecule has 2 heterocycles. The van der Waals surface area contributed by atoms with Crippen molar-refractivity contribution in [3.8, 4) is 22.9 Å². The number of aromatic nitrogens is 2. The Balaban J connectivity index is 1.15.